The van der Waals surface area contributed by atoms with Gasteiger partial charge in [0.15, 0.2) is 0 Å². The monoisotopic (exact) mass is 308 g/mol. The van der Waals surface area contributed by atoms with Crippen molar-refractivity contribution in [2.24, 2.45) is 0 Å². The number of nitrogens with zero attached hydrogens (tertiary/aromatic N) is 3. The highest BCUT2D eigenvalue weighted by Crippen LogP contribution is 2.14. The lowest BCUT2D eigenvalue weighted by atomic mass is 10.2. The largest absolute Gasteiger partial charge is 0.376 e. The van der Waals surface area contributed by atoms with Gasteiger partial charge in [-0.3, -0.25) is 4.40 Å². The molecule has 0 spiro atoms. The fourth-order valence-corrected chi connectivity index (χ4v) is 3.01. The molecule has 1 N–H and O–H groups in total. The Kier molecular flexibility index (Phi) is 4.49. The molecule has 0 bridgehead atoms. The predicted octanol–water partition coefficient (Wildman–Crippen LogP) is 2.02. The molecule has 3 rings (SSSR count). The third-order valence-corrected chi connectivity index (χ3v) is 4.48. The van der Waals surface area contributed by atoms with E-state index in [4.69, 9.17) is 17.0 Å². The van der Waals surface area contributed by atoms with E-state index in [1.54, 1.807) is 18.0 Å². The molecule has 5 nitrogen and oxygen atoms in total. The second-order valence-corrected chi connectivity index (χ2v) is 6.30. The Labute approximate surface area is 127 Å². The van der Waals surface area contributed by atoms with Gasteiger partial charge in [-0.05, 0) is 18.9 Å². The highest BCUT2D eigenvalue weighted by Gasteiger charge is 2.15. The number of hydrogen-bond acceptors (Lipinski definition) is 5. The number of fused-ring (bicyclic) bond motifs is 1. The second kappa shape index (κ2) is 6.51. The predicted molar refractivity (Wildman–Crippen MR) is 83.9 cm³/mol. The van der Waals surface area contributed by atoms with Crippen LogP contribution >= 0.6 is 24.0 Å². The van der Waals surface area contributed by atoms with Gasteiger partial charge in [0, 0.05) is 37.5 Å². The SMILES string of the molecule is S=C(NC[C@H]1CCCO1)SCc1cn2cccnc2n1. The van der Waals surface area contributed by atoms with E-state index >= 15 is 0 Å². The minimum absolute atomic E-state index is 0.313. The number of thiocarbonyl (C=S) groups is 1. The first kappa shape index (κ1) is 13.8. The summed E-state index contributed by atoms with van der Waals surface area (Å²) in [7, 11) is 0. The number of nitrogens with one attached hydrogen (secondary N) is 1. The molecule has 0 unspecified atom stereocenters. The van der Waals surface area contributed by atoms with E-state index in [9.17, 15) is 0 Å². The van der Waals surface area contributed by atoms with Gasteiger partial charge in [-0.2, -0.15) is 0 Å². The average molecular weight is 308 g/mol. The number of thioether (sulfide) groups is 1. The third-order valence-electron chi connectivity index (χ3n) is 3.13. The van der Waals surface area contributed by atoms with Crippen LogP contribution < -0.4 is 5.32 Å². The van der Waals surface area contributed by atoms with Crippen LogP contribution in [0, 0.1) is 0 Å². The molecule has 0 amide bonds. The van der Waals surface area contributed by atoms with Crippen molar-refractivity contribution in [1.82, 2.24) is 19.7 Å². The minimum atomic E-state index is 0.313. The van der Waals surface area contributed by atoms with E-state index in [2.05, 4.69) is 15.3 Å². The summed E-state index contributed by atoms with van der Waals surface area (Å²) in [4.78, 5) is 8.64. The average Bonchev–Trinajstić information content (AvgIpc) is 3.11. The van der Waals surface area contributed by atoms with Gasteiger partial charge in [-0.15, -0.1) is 0 Å². The zero-order valence-corrected chi connectivity index (χ0v) is 12.6. The molecular weight excluding hydrogens is 292 g/mol. The highest BCUT2D eigenvalue weighted by atomic mass is 32.2. The molecule has 0 radical (unpaired) electrons. The fraction of sp³-hybridized carbons (Fsp3) is 0.462. The Morgan fingerprint density at radius 2 is 2.55 bits per heavy atom. The second-order valence-electron chi connectivity index (χ2n) is 4.65. The van der Waals surface area contributed by atoms with Crippen LogP contribution in [0.25, 0.3) is 5.78 Å². The van der Waals surface area contributed by atoms with Crippen LogP contribution in [0.5, 0.6) is 0 Å². The first-order valence-electron chi connectivity index (χ1n) is 6.62. The van der Waals surface area contributed by atoms with Gasteiger partial charge < -0.3 is 10.1 Å². The van der Waals surface area contributed by atoms with Crippen LogP contribution in [-0.2, 0) is 10.5 Å². The van der Waals surface area contributed by atoms with E-state index in [1.165, 1.54) is 0 Å². The summed E-state index contributed by atoms with van der Waals surface area (Å²) in [6, 6.07) is 1.89. The lowest BCUT2D eigenvalue weighted by Crippen LogP contribution is -2.28. The molecule has 2 aromatic rings. The molecular formula is C13H16N4OS2. The van der Waals surface area contributed by atoms with Crippen molar-refractivity contribution in [3.05, 3.63) is 30.4 Å². The van der Waals surface area contributed by atoms with Crippen molar-refractivity contribution in [3.63, 3.8) is 0 Å². The van der Waals surface area contributed by atoms with Crippen molar-refractivity contribution >= 4 is 34.1 Å². The zero-order chi connectivity index (χ0) is 13.8. The van der Waals surface area contributed by atoms with Gasteiger partial charge >= 0.3 is 0 Å². The molecule has 1 atom stereocenters. The van der Waals surface area contributed by atoms with Crippen LogP contribution in [0.15, 0.2) is 24.7 Å². The van der Waals surface area contributed by atoms with Crippen molar-refractivity contribution in [2.45, 2.75) is 24.7 Å². The summed E-state index contributed by atoms with van der Waals surface area (Å²) in [5.74, 6) is 1.47. The number of ether oxygens (including phenoxy) is 1. The highest BCUT2D eigenvalue weighted by molar-refractivity contribution is 8.22. The number of hydrogen-bond donors (Lipinski definition) is 1. The Bertz CT molecular complexity index is 562. The van der Waals surface area contributed by atoms with Gasteiger partial charge in [-0.1, -0.05) is 24.0 Å². The number of imidazole rings is 1. The van der Waals surface area contributed by atoms with E-state index in [0.29, 0.717) is 6.10 Å². The van der Waals surface area contributed by atoms with Crippen LogP contribution in [0.1, 0.15) is 18.5 Å². The number of rotatable bonds is 4. The topological polar surface area (TPSA) is 51.5 Å². The number of aromatic nitrogens is 3. The van der Waals surface area contributed by atoms with Gasteiger partial charge in [0.05, 0.1) is 11.8 Å². The van der Waals surface area contributed by atoms with Crippen LogP contribution in [-0.4, -0.2) is 37.9 Å². The molecule has 1 saturated heterocycles. The molecule has 20 heavy (non-hydrogen) atoms. The van der Waals surface area contributed by atoms with Crippen molar-refractivity contribution < 1.29 is 4.74 Å². The van der Waals surface area contributed by atoms with Crippen molar-refractivity contribution in [3.8, 4) is 0 Å². The standard InChI is InChI=1S/C13H16N4OS2/c19-13(15-7-11-3-1-6-18-11)20-9-10-8-17-5-2-4-14-12(17)16-10/h2,4-5,8,11H,1,3,6-7,9H2,(H,15,19)/t11-/m1/s1. The van der Waals surface area contributed by atoms with Gasteiger partial charge in [0.25, 0.3) is 0 Å². The van der Waals surface area contributed by atoms with E-state index < -0.39 is 0 Å². The van der Waals surface area contributed by atoms with E-state index in [0.717, 1.165) is 47.5 Å². The van der Waals surface area contributed by atoms with Gasteiger partial charge in [-0.25, -0.2) is 9.97 Å². The summed E-state index contributed by atoms with van der Waals surface area (Å²) < 4.78 is 8.26. The molecule has 1 aliphatic rings. The first-order valence-corrected chi connectivity index (χ1v) is 8.01. The third kappa shape index (κ3) is 3.47. The Balaban J connectivity index is 1.47. The molecule has 0 aromatic carbocycles. The Morgan fingerprint density at radius 3 is 3.35 bits per heavy atom. The quantitative estimate of drug-likeness (QED) is 0.872. The van der Waals surface area contributed by atoms with Gasteiger partial charge in [0.2, 0.25) is 5.78 Å². The summed E-state index contributed by atoms with van der Waals surface area (Å²) in [6.07, 6.45) is 8.26. The van der Waals surface area contributed by atoms with Crippen LogP contribution in [0.2, 0.25) is 0 Å². The summed E-state index contributed by atoms with van der Waals surface area (Å²) >= 11 is 6.90. The summed E-state index contributed by atoms with van der Waals surface area (Å²) in [5, 5.41) is 3.25. The summed E-state index contributed by atoms with van der Waals surface area (Å²) in [6.45, 7) is 1.68. The zero-order valence-electron chi connectivity index (χ0n) is 11.0. The van der Waals surface area contributed by atoms with Crippen LogP contribution in [0.3, 0.4) is 0 Å². The van der Waals surface area contributed by atoms with Gasteiger partial charge in [0.1, 0.15) is 4.32 Å². The Morgan fingerprint density at radius 1 is 1.60 bits per heavy atom. The summed E-state index contributed by atoms with van der Waals surface area (Å²) in [5.41, 5.74) is 0.981. The molecule has 7 heteroatoms. The maximum absolute atomic E-state index is 5.55. The fourth-order valence-electron chi connectivity index (χ4n) is 2.14. The smallest absolute Gasteiger partial charge is 0.233 e. The lowest BCUT2D eigenvalue weighted by Gasteiger charge is -2.11. The van der Waals surface area contributed by atoms with E-state index in [1.807, 2.05) is 22.9 Å². The molecule has 2 aromatic heterocycles. The minimum Gasteiger partial charge on any atom is -0.376 e. The molecule has 1 aliphatic heterocycles. The first-order chi connectivity index (χ1) is 9.81. The maximum Gasteiger partial charge on any atom is 0.233 e. The maximum atomic E-state index is 5.55. The van der Waals surface area contributed by atoms with Crippen LogP contribution in [0.4, 0.5) is 0 Å². The molecule has 0 saturated carbocycles. The molecule has 0 aliphatic carbocycles. The molecule has 106 valence electrons. The van der Waals surface area contributed by atoms with Crippen molar-refractivity contribution in [1.29, 1.82) is 0 Å². The molecule has 1 fully saturated rings. The molecule has 3 heterocycles. The Hall–Kier alpha value is -1.18. The van der Waals surface area contributed by atoms with Crippen molar-refractivity contribution in [2.75, 3.05) is 13.2 Å². The normalized spacial score (nSPS) is 18.5. The van der Waals surface area contributed by atoms with E-state index in [-0.39, 0.29) is 0 Å². The lowest BCUT2D eigenvalue weighted by molar-refractivity contribution is 0.114.